The second kappa shape index (κ2) is 5.80. The van der Waals surface area contributed by atoms with E-state index >= 15 is 0 Å². The van der Waals surface area contributed by atoms with Crippen molar-refractivity contribution in [1.82, 2.24) is 15.3 Å². The monoisotopic (exact) mass is 341 g/mol. The third-order valence-electron chi connectivity index (χ3n) is 3.33. The number of carbonyl (C=O) groups excluding carboxylic acids is 1. The first-order chi connectivity index (χ1) is 9.42. The highest BCUT2D eigenvalue weighted by molar-refractivity contribution is 9.10. The van der Waals surface area contributed by atoms with E-state index in [1.165, 1.54) is 0 Å². The van der Waals surface area contributed by atoms with E-state index in [0.717, 1.165) is 0 Å². The van der Waals surface area contributed by atoms with Crippen molar-refractivity contribution in [3.63, 3.8) is 0 Å². The van der Waals surface area contributed by atoms with Crippen LogP contribution in [0.25, 0.3) is 11.0 Å². The maximum atomic E-state index is 12.3. The van der Waals surface area contributed by atoms with Crippen molar-refractivity contribution in [2.24, 2.45) is 5.92 Å². The standard InChI is InChI=1S/C13H16BrN3O3/c1-6(5-18)7(2)15-12(19)9-3-8(14)4-10-11(9)17-13(20)16-10/h3-4,6-7,18H,5H2,1-2H3,(H,15,19)(H2,16,17,20). The van der Waals surface area contributed by atoms with Gasteiger partial charge in [0, 0.05) is 17.1 Å². The molecule has 1 amide bonds. The Morgan fingerprint density at radius 2 is 2.10 bits per heavy atom. The van der Waals surface area contributed by atoms with Gasteiger partial charge in [-0.25, -0.2) is 4.79 Å². The lowest BCUT2D eigenvalue weighted by atomic mass is 10.0. The molecule has 108 valence electrons. The molecular weight excluding hydrogens is 326 g/mol. The van der Waals surface area contributed by atoms with Gasteiger partial charge in [-0.15, -0.1) is 0 Å². The quantitative estimate of drug-likeness (QED) is 0.675. The molecule has 2 aromatic rings. The lowest BCUT2D eigenvalue weighted by molar-refractivity contribution is 0.0918. The number of imidazole rings is 1. The van der Waals surface area contributed by atoms with Gasteiger partial charge in [-0.05, 0) is 25.0 Å². The molecular formula is C13H16BrN3O3. The number of benzene rings is 1. The number of carbonyl (C=O) groups is 1. The molecule has 0 radical (unpaired) electrons. The molecule has 0 saturated heterocycles. The number of aliphatic hydroxyl groups excluding tert-OH is 1. The van der Waals surface area contributed by atoms with Crippen LogP contribution in [0.1, 0.15) is 24.2 Å². The Balaban J connectivity index is 2.37. The molecule has 0 aliphatic heterocycles. The lowest BCUT2D eigenvalue weighted by Crippen LogP contribution is -2.38. The number of fused-ring (bicyclic) bond motifs is 1. The third-order valence-corrected chi connectivity index (χ3v) is 3.79. The number of H-pyrrole nitrogens is 2. The number of nitrogens with one attached hydrogen (secondary N) is 3. The molecule has 0 bridgehead atoms. The van der Waals surface area contributed by atoms with Crippen molar-refractivity contribution in [1.29, 1.82) is 0 Å². The molecule has 4 N–H and O–H groups in total. The molecule has 6 nitrogen and oxygen atoms in total. The lowest BCUT2D eigenvalue weighted by Gasteiger charge is -2.19. The van der Waals surface area contributed by atoms with Crippen LogP contribution in [-0.4, -0.2) is 33.6 Å². The average molecular weight is 342 g/mol. The van der Waals surface area contributed by atoms with Gasteiger partial charge < -0.3 is 20.4 Å². The molecule has 20 heavy (non-hydrogen) atoms. The first-order valence-electron chi connectivity index (χ1n) is 6.25. The highest BCUT2D eigenvalue weighted by Gasteiger charge is 2.18. The van der Waals surface area contributed by atoms with E-state index < -0.39 is 0 Å². The zero-order chi connectivity index (χ0) is 14.9. The first-order valence-corrected chi connectivity index (χ1v) is 7.05. The van der Waals surface area contributed by atoms with Gasteiger partial charge in [-0.2, -0.15) is 0 Å². The van der Waals surface area contributed by atoms with E-state index in [9.17, 15) is 9.59 Å². The fourth-order valence-corrected chi connectivity index (χ4v) is 2.33. The predicted molar refractivity (Wildman–Crippen MR) is 79.8 cm³/mol. The Labute approximate surface area is 123 Å². The van der Waals surface area contributed by atoms with Crippen LogP contribution in [0.15, 0.2) is 21.4 Å². The van der Waals surface area contributed by atoms with E-state index in [4.69, 9.17) is 5.11 Å². The second-order valence-corrected chi connectivity index (χ2v) is 5.79. The molecule has 1 aromatic heterocycles. The van der Waals surface area contributed by atoms with Crippen molar-refractivity contribution in [2.75, 3.05) is 6.61 Å². The summed E-state index contributed by atoms with van der Waals surface area (Å²) in [6.45, 7) is 3.67. The Kier molecular flexibility index (Phi) is 4.29. The topological polar surface area (TPSA) is 98.0 Å². The van der Waals surface area contributed by atoms with E-state index in [0.29, 0.717) is 21.1 Å². The molecule has 1 heterocycles. The van der Waals surface area contributed by atoms with Crippen LogP contribution in [-0.2, 0) is 0 Å². The van der Waals surface area contributed by atoms with Crippen molar-refractivity contribution in [2.45, 2.75) is 19.9 Å². The van der Waals surface area contributed by atoms with Crippen molar-refractivity contribution in [3.8, 4) is 0 Å². The molecule has 0 aliphatic carbocycles. The number of aromatic nitrogens is 2. The maximum absolute atomic E-state index is 12.3. The van der Waals surface area contributed by atoms with Crippen LogP contribution < -0.4 is 11.0 Å². The largest absolute Gasteiger partial charge is 0.396 e. The fraction of sp³-hybridized carbons (Fsp3) is 0.385. The van der Waals surface area contributed by atoms with Crippen LogP contribution in [0, 0.1) is 5.92 Å². The van der Waals surface area contributed by atoms with Crippen LogP contribution >= 0.6 is 15.9 Å². The Hall–Kier alpha value is -1.60. The van der Waals surface area contributed by atoms with Crippen LogP contribution in [0.5, 0.6) is 0 Å². The summed E-state index contributed by atoms with van der Waals surface area (Å²) in [5.41, 5.74) is 1.06. The average Bonchev–Trinajstić information content (AvgIpc) is 2.76. The van der Waals surface area contributed by atoms with Crippen molar-refractivity contribution >= 4 is 32.9 Å². The number of halogens is 1. The molecule has 0 saturated carbocycles. The fourth-order valence-electron chi connectivity index (χ4n) is 1.87. The van der Waals surface area contributed by atoms with Crippen molar-refractivity contribution in [3.05, 3.63) is 32.7 Å². The number of amides is 1. The van der Waals surface area contributed by atoms with Crippen LogP contribution in [0.2, 0.25) is 0 Å². The van der Waals surface area contributed by atoms with Gasteiger partial charge in [0.25, 0.3) is 5.91 Å². The zero-order valence-corrected chi connectivity index (χ0v) is 12.7. The van der Waals surface area contributed by atoms with Gasteiger partial charge in [-0.1, -0.05) is 22.9 Å². The molecule has 2 rings (SSSR count). The maximum Gasteiger partial charge on any atom is 0.323 e. The minimum Gasteiger partial charge on any atom is -0.396 e. The Bertz CT molecular complexity index is 692. The number of rotatable bonds is 4. The molecule has 0 spiro atoms. The van der Waals surface area contributed by atoms with Crippen LogP contribution in [0.3, 0.4) is 0 Å². The van der Waals surface area contributed by atoms with Gasteiger partial charge >= 0.3 is 5.69 Å². The van der Waals surface area contributed by atoms with Gasteiger partial charge in [0.1, 0.15) is 0 Å². The Morgan fingerprint density at radius 3 is 2.75 bits per heavy atom. The molecule has 0 fully saturated rings. The number of hydrogen-bond donors (Lipinski definition) is 4. The molecule has 0 aliphatic rings. The Morgan fingerprint density at radius 1 is 1.40 bits per heavy atom. The summed E-state index contributed by atoms with van der Waals surface area (Å²) in [6, 6.07) is 3.20. The molecule has 2 atom stereocenters. The smallest absolute Gasteiger partial charge is 0.323 e. The van der Waals surface area contributed by atoms with Crippen LogP contribution in [0.4, 0.5) is 0 Å². The normalized spacial score (nSPS) is 14.2. The van der Waals surface area contributed by atoms with E-state index in [2.05, 4.69) is 31.2 Å². The van der Waals surface area contributed by atoms with Gasteiger partial charge in [0.05, 0.1) is 16.6 Å². The molecule has 7 heteroatoms. The van der Waals surface area contributed by atoms with Gasteiger partial charge in [0.15, 0.2) is 0 Å². The van der Waals surface area contributed by atoms with E-state index in [1.54, 1.807) is 12.1 Å². The zero-order valence-electron chi connectivity index (χ0n) is 11.2. The van der Waals surface area contributed by atoms with Gasteiger partial charge in [0.2, 0.25) is 0 Å². The summed E-state index contributed by atoms with van der Waals surface area (Å²) in [5, 5.41) is 11.9. The molecule has 1 aromatic carbocycles. The first kappa shape index (κ1) is 14.8. The second-order valence-electron chi connectivity index (χ2n) is 4.88. The summed E-state index contributed by atoms with van der Waals surface area (Å²) in [7, 11) is 0. The minimum atomic E-state index is -0.357. The summed E-state index contributed by atoms with van der Waals surface area (Å²) in [5.74, 6) is -0.341. The summed E-state index contributed by atoms with van der Waals surface area (Å²) in [6.07, 6.45) is 0. The van der Waals surface area contributed by atoms with Crippen molar-refractivity contribution < 1.29 is 9.90 Å². The highest BCUT2D eigenvalue weighted by Crippen LogP contribution is 2.21. The number of hydrogen-bond acceptors (Lipinski definition) is 3. The third kappa shape index (κ3) is 2.94. The minimum absolute atomic E-state index is 0.00364. The van der Waals surface area contributed by atoms with E-state index in [-0.39, 0.29) is 30.2 Å². The summed E-state index contributed by atoms with van der Waals surface area (Å²) in [4.78, 5) is 28.9. The van der Waals surface area contributed by atoms with E-state index in [1.807, 2.05) is 13.8 Å². The SMILES string of the molecule is CC(CO)C(C)NC(=O)c1cc(Br)cc2[nH]c(=O)[nH]c12. The number of aromatic amines is 2. The number of aliphatic hydroxyl groups is 1. The summed E-state index contributed by atoms with van der Waals surface area (Å²) < 4.78 is 0.702. The van der Waals surface area contributed by atoms with Gasteiger partial charge in [-0.3, -0.25) is 4.79 Å². The highest BCUT2D eigenvalue weighted by atomic mass is 79.9. The predicted octanol–water partition coefficient (Wildman–Crippen LogP) is 1.37. The molecule has 2 unspecified atom stereocenters. The summed E-state index contributed by atoms with van der Waals surface area (Å²) >= 11 is 3.31.